The lowest BCUT2D eigenvalue weighted by molar-refractivity contribution is 0.0508. The highest BCUT2D eigenvalue weighted by Crippen LogP contribution is 2.24. The number of benzene rings is 2. The number of aromatic nitrogens is 4. The molecule has 0 unspecified atom stereocenters. The Bertz CT molecular complexity index is 1250. The van der Waals surface area contributed by atoms with Crippen LogP contribution < -0.4 is 0 Å². The molecule has 7 nitrogen and oxygen atoms in total. The van der Waals surface area contributed by atoms with Crippen LogP contribution in [0.2, 0.25) is 5.02 Å². The molecule has 158 valence electrons. The molecule has 4 aromatic rings. The van der Waals surface area contributed by atoms with Gasteiger partial charge in [0, 0.05) is 41.2 Å². The molecule has 2 aromatic carbocycles. The number of carbonyl (C=O) groups is 1. The minimum atomic E-state index is -0.0675. The Morgan fingerprint density at radius 2 is 2.06 bits per heavy atom. The number of rotatable bonds is 5. The minimum absolute atomic E-state index is 0.0333. The molecule has 0 saturated carbocycles. The summed E-state index contributed by atoms with van der Waals surface area (Å²) in [5.74, 6) is -0.0675. The Kier molecular flexibility index (Phi) is 5.29. The van der Waals surface area contributed by atoms with Crippen LogP contribution in [-0.2, 0) is 11.3 Å². The number of pyridine rings is 1. The molecule has 0 spiro atoms. The number of hydrogen-bond acceptors (Lipinski definition) is 5. The first-order chi connectivity index (χ1) is 15.1. The van der Waals surface area contributed by atoms with E-state index in [1.165, 1.54) is 0 Å². The van der Waals surface area contributed by atoms with E-state index in [1.54, 1.807) is 28.8 Å². The Balaban J connectivity index is 1.54. The Hall–Kier alpha value is -3.03. The third-order valence-electron chi connectivity index (χ3n) is 5.69. The monoisotopic (exact) mass is 435 g/mol. The second kappa shape index (κ2) is 8.24. The van der Waals surface area contributed by atoms with Gasteiger partial charge in [0.1, 0.15) is 0 Å². The molecule has 1 aliphatic rings. The largest absolute Gasteiger partial charge is 0.376 e. The maximum Gasteiger partial charge on any atom is 0.254 e. The van der Waals surface area contributed by atoms with E-state index in [2.05, 4.69) is 34.6 Å². The summed E-state index contributed by atoms with van der Waals surface area (Å²) in [6, 6.07) is 15.2. The molecular weight excluding hydrogens is 414 g/mol. The third-order valence-corrected chi connectivity index (χ3v) is 5.94. The number of ether oxygens (including phenoxy) is 1. The van der Waals surface area contributed by atoms with Crippen LogP contribution in [0.15, 0.2) is 48.5 Å². The molecule has 1 amide bonds. The maximum atomic E-state index is 13.4. The molecular formula is C23H22ClN5O2. The van der Waals surface area contributed by atoms with Gasteiger partial charge in [-0.15, -0.1) is 5.10 Å². The van der Waals surface area contributed by atoms with Gasteiger partial charge in [-0.1, -0.05) is 23.2 Å². The van der Waals surface area contributed by atoms with Gasteiger partial charge >= 0.3 is 0 Å². The summed E-state index contributed by atoms with van der Waals surface area (Å²) in [5.41, 5.74) is 4.22. The van der Waals surface area contributed by atoms with Crippen LogP contribution >= 0.6 is 11.6 Å². The molecule has 0 aliphatic carbocycles. The summed E-state index contributed by atoms with van der Waals surface area (Å²) in [7, 11) is 0. The number of carbonyl (C=O) groups excluding carboxylic acids is 1. The molecule has 1 fully saturated rings. The molecule has 0 N–H and O–H groups in total. The van der Waals surface area contributed by atoms with E-state index in [0.717, 1.165) is 41.5 Å². The quantitative estimate of drug-likeness (QED) is 0.472. The highest BCUT2D eigenvalue weighted by molar-refractivity contribution is 6.30. The fourth-order valence-electron chi connectivity index (χ4n) is 4.13. The zero-order valence-corrected chi connectivity index (χ0v) is 17.9. The first-order valence-corrected chi connectivity index (χ1v) is 10.7. The molecule has 0 radical (unpaired) electrons. The molecule has 1 aliphatic heterocycles. The molecule has 8 heteroatoms. The van der Waals surface area contributed by atoms with Crippen LogP contribution in [-0.4, -0.2) is 50.1 Å². The molecule has 2 aromatic heterocycles. The average Bonchev–Trinajstić information content (AvgIpc) is 3.45. The fraction of sp³-hybridized carbons (Fsp3) is 0.304. The zero-order chi connectivity index (χ0) is 21.4. The van der Waals surface area contributed by atoms with Gasteiger partial charge in [0.05, 0.1) is 11.6 Å². The second-order valence-electron chi connectivity index (χ2n) is 7.97. The van der Waals surface area contributed by atoms with E-state index in [-0.39, 0.29) is 12.0 Å². The van der Waals surface area contributed by atoms with Crippen molar-refractivity contribution in [2.75, 3.05) is 13.2 Å². The van der Waals surface area contributed by atoms with Gasteiger partial charge in [0.15, 0.2) is 5.65 Å². The van der Waals surface area contributed by atoms with Crippen molar-refractivity contribution in [2.24, 2.45) is 0 Å². The number of hydrogen-bond donors (Lipinski definition) is 0. The fourth-order valence-corrected chi connectivity index (χ4v) is 4.26. The van der Waals surface area contributed by atoms with Crippen LogP contribution in [0.25, 0.3) is 16.6 Å². The first kappa shape index (κ1) is 19.9. The molecule has 1 atom stereocenters. The molecule has 31 heavy (non-hydrogen) atoms. The van der Waals surface area contributed by atoms with Crippen molar-refractivity contribution >= 4 is 34.1 Å². The molecule has 1 saturated heterocycles. The first-order valence-electron chi connectivity index (χ1n) is 10.4. The van der Waals surface area contributed by atoms with Gasteiger partial charge in [-0.25, -0.2) is 0 Å². The van der Waals surface area contributed by atoms with Crippen molar-refractivity contribution in [3.8, 4) is 0 Å². The second-order valence-corrected chi connectivity index (χ2v) is 8.41. The Morgan fingerprint density at radius 3 is 2.84 bits per heavy atom. The van der Waals surface area contributed by atoms with Gasteiger partial charge in [-0.05, 0) is 72.7 Å². The minimum Gasteiger partial charge on any atom is -0.376 e. The summed E-state index contributed by atoms with van der Waals surface area (Å²) in [4.78, 5) is 15.2. The van der Waals surface area contributed by atoms with E-state index >= 15 is 0 Å². The predicted molar refractivity (Wildman–Crippen MR) is 118 cm³/mol. The van der Waals surface area contributed by atoms with Crippen LogP contribution in [0.3, 0.4) is 0 Å². The van der Waals surface area contributed by atoms with Crippen LogP contribution in [0, 0.1) is 6.92 Å². The molecule has 3 heterocycles. The van der Waals surface area contributed by atoms with Crippen molar-refractivity contribution in [1.29, 1.82) is 0 Å². The number of halogens is 1. The van der Waals surface area contributed by atoms with Gasteiger partial charge < -0.3 is 9.64 Å². The topological polar surface area (TPSA) is 72.6 Å². The normalized spacial score (nSPS) is 16.3. The lowest BCUT2D eigenvalue weighted by atomic mass is 10.1. The standard InChI is InChI=1S/C23H22ClN5O2/c1-15-4-9-21-17(11-15)12-18(22-25-26-27-29(21)22)13-28(14-20-3-2-10-31-20)23(30)16-5-7-19(24)8-6-16/h4-9,11-12,20H,2-3,10,13-14H2,1H3/t20-/m1/s1. The van der Waals surface area contributed by atoms with Crippen molar-refractivity contribution in [3.63, 3.8) is 0 Å². The lowest BCUT2D eigenvalue weighted by Gasteiger charge is -2.26. The number of fused-ring (bicyclic) bond motifs is 3. The number of amides is 1. The zero-order valence-electron chi connectivity index (χ0n) is 17.2. The van der Waals surface area contributed by atoms with Gasteiger partial charge in [0.25, 0.3) is 5.91 Å². The van der Waals surface area contributed by atoms with E-state index in [9.17, 15) is 4.79 Å². The maximum absolute atomic E-state index is 13.4. The van der Waals surface area contributed by atoms with Crippen LogP contribution in [0.5, 0.6) is 0 Å². The van der Waals surface area contributed by atoms with Crippen molar-refractivity contribution in [2.45, 2.75) is 32.4 Å². The summed E-state index contributed by atoms with van der Waals surface area (Å²) in [5, 5.41) is 13.9. The summed E-state index contributed by atoms with van der Waals surface area (Å²) >= 11 is 6.01. The molecule has 5 rings (SSSR count). The third kappa shape index (κ3) is 3.98. The van der Waals surface area contributed by atoms with E-state index in [4.69, 9.17) is 16.3 Å². The van der Waals surface area contributed by atoms with E-state index in [0.29, 0.717) is 29.3 Å². The SMILES string of the molecule is Cc1ccc2c(c1)cc(CN(C[C@H]1CCCO1)C(=O)c1ccc(Cl)cc1)c1nnnn12. The summed E-state index contributed by atoms with van der Waals surface area (Å²) < 4.78 is 7.56. The van der Waals surface area contributed by atoms with Gasteiger partial charge in [-0.3, -0.25) is 4.79 Å². The lowest BCUT2D eigenvalue weighted by Crippen LogP contribution is -2.37. The average molecular weight is 436 g/mol. The van der Waals surface area contributed by atoms with Crippen molar-refractivity contribution in [1.82, 2.24) is 24.9 Å². The highest BCUT2D eigenvalue weighted by Gasteiger charge is 2.25. The summed E-state index contributed by atoms with van der Waals surface area (Å²) in [6.07, 6.45) is 2.00. The highest BCUT2D eigenvalue weighted by atomic mass is 35.5. The van der Waals surface area contributed by atoms with Gasteiger partial charge in [-0.2, -0.15) is 4.52 Å². The molecule has 0 bridgehead atoms. The van der Waals surface area contributed by atoms with Crippen molar-refractivity contribution < 1.29 is 9.53 Å². The van der Waals surface area contributed by atoms with Gasteiger partial charge in [0.2, 0.25) is 0 Å². The predicted octanol–water partition coefficient (Wildman–Crippen LogP) is 4.06. The summed E-state index contributed by atoms with van der Waals surface area (Å²) in [6.45, 7) is 3.69. The smallest absolute Gasteiger partial charge is 0.254 e. The Labute approximate surface area is 184 Å². The van der Waals surface area contributed by atoms with Crippen LogP contribution in [0.1, 0.15) is 34.3 Å². The number of nitrogens with zero attached hydrogens (tertiary/aromatic N) is 5. The number of tetrazole rings is 1. The van der Waals surface area contributed by atoms with Crippen molar-refractivity contribution in [3.05, 3.63) is 70.2 Å². The van der Waals surface area contributed by atoms with Crippen LogP contribution in [0.4, 0.5) is 0 Å². The van der Waals surface area contributed by atoms with E-state index in [1.807, 2.05) is 17.0 Å². The Morgan fingerprint density at radius 1 is 1.23 bits per heavy atom. The number of aryl methyl sites for hydroxylation is 1. The van der Waals surface area contributed by atoms with E-state index < -0.39 is 0 Å².